The number of carbonyl (C=O) groups excluding carboxylic acids is 1. The van der Waals surface area contributed by atoms with Gasteiger partial charge in [-0.25, -0.2) is 0 Å². The average Bonchev–Trinajstić information content (AvgIpc) is 2.44. The van der Waals surface area contributed by atoms with E-state index < -0.39 is 24.2 Å². The van der Waals surface area contributed by atoms with Gasteiger partial charge < -0.3 is 20.6 Å². The Morgan fingerprint density at radius 2 is 1.86 bits per heavy atom. The fourth-order valence-electron chi connectivity index (χ4n) is 1.73. The molecular formula is C15H19NO5. The van der Waals surface area contributed by atoms with Gasteiger partial charge in [-0.15, -0.1) is 0 Å². The number of benzene rings is 1. The molecule has 3 atom stereocenters. The third-order valence-electron chi connectivity index (χ3n) is 2.79. The molecule has 0 bridgehead atoms. The van der Waals surface area contributed by atoms with E-state index >= 15 is 0 Å². The summed E-state index contributed by atoms with van der Waals surface area (Å²) >= 11 is 0. The topological polar surface area (TPSA) is 107 Å². The predicted octanol–water partition coefficient (Wildman–Crippen LogP) is 1.05. The molecule has 0 aliphatic heterocycles. The van der Waals surface area contributed by atoms with E-state index in [4.69, 9.17) is 10.2 Å². The highest BCUT2D eigenvalue weighted by Gasteiger charge is 2.20. The minimum atomic E-state index is -1.07. The van der Waals surface area contributed by atoms with E-state index in [9.17, 15) is 14.7 Å². The van der Waals surface area contributed by atoms with Crippen LogP contribution >= 0.6 is 0 Å². The Kier molecular flexibility index (Phi) is 6.58. The van der Waals surface area contributed by atoms with Crippen LogP contribution in [0.5, 0.6) is 0 Å². The first-order valence-electron chi connectivity index (χ1n) is 6.50. The molecule has 1 aromatic rings. The van der Waals surface area contributed by atoms with Gasteiger partial charge in [0.1, 0.15) is 6.29 Å². The number of rotatable bonds is 8. The van der Waals surface area contributed by atoms with Gasteiger partial charge in [-0.1, -0.05) is 12.2 Å². The van der Waals surface area contributed by atoms with E-state index in [-0.39, 0.29) is 6.42 Å². The number of aliphatic hydroxyl groups excluding tert-OH is 2. The minimum Gasteiger partial charge on any atom is -0.481 e. The van der Waals surface area contributed by atoms with Crippen molar-refractivity contribution in [2.24, 2.45) is 0 Å². The van der Waals surface area contributed by atoms with Crippen LogP contribution in [0.1, 0.15) is 23.7 Å². The summed E-state index contributed by atoms with van der Waals surface area (Å²) in [6, 6.07) is 5.68. The van der Waals surface area contributed by atoms with Crippen molar-refractivity contribution < 1.29 is 24.9 Å². The molecule has 0 saturated carbocycles. The van der Waals surface area contributed by atoms with Gasteiger partial charge in [0, 0.05) is 11.3 Å². The number of hydrogen-bond donors (Lipinski definition) is 4. The van der Waals surface area contributed by atoms with Crippen molar-refractivity contribution in [3.05, 3.63) is 42.0 Å². The van der Waals surface area contributed by atoms with Crippen LogP contribution in [-0.2, 0) is 4.79 Å². The van der Waals surface area contributed by atoms with E-state index in [1.165, 1.54) is 19.1 Å². The second-order valence-electron chi connectivity index (χ2n) is 4.70. The quantitative estimate of drug-likeness (QED) is 0.421. The third kappa shape index (κ3) is 6.20. The molecule has 0 aromatic heterocycles. The Morgan fingerprint density at radius 3 is 2.33 bits per heavy atom. The maximum atomic E-state index is 10.9. The lowest BCUT2D eigenvalue weighted by Gasteiger charge is -2.22. The Balaban J connectivity index is 2.80. The van der Waals surface area contributed by atoms with E-state index in [1.54, 1.807) is 24.3 Å². The lowest BCUT2D eigenvalue weighted by Crippen LogP contribution is -2.34. The molecule has 4 N–H and O–H groups in total. The van der Waals surface area contributed by atoms with Crippen molar-refractivity contribution in [2.75, 3.05) is 5.32 Å². The molecule has 0 amide bonds. The van der Waals surface area contributed by atoms with Crippen molar-refractivity contribution in [3.8, 4) is 0 Å². The highest BCUT2D eigenvalue weighted by atomic mass is 16.4. The van der Waals surface area contributed by atoms with E-state index in [2.05, 4.69) is 5.32 Å². The summed E-state index contributed by atoms with van der Waals surface area (Å²) in [5, 5.41) is 30.9. The van der Waals surface area contributed by atoms with Crippen molar-refractivity contribution in [1.29, 1.82) is 0 Å². The number of hydrogen-bond acceptors (Lipinski definition) is 5. The third-order valence-corrected chi connectivity index (χ3v) is 2.79. The summed E-state index contributed by atoms with van der Waals surface area (Å²) in [4.78, 5) is 21.4. The lowest BCUT2D eigenvalue weighted by atomic mass is 10.1. The molecule has 6 heteroatoms. The molecule has 0 aliphatic carbocycles. The molecule has 114 valence electrons. The number of carbonyl (C=O) groups is 2. The number of nitrogens with one attached hydrogen (secondary N) is 1. The zero-order valence-corrected chi connectivity index (χ0v) is 11.6. The predicted molar refractivity (Wildman–Crippen MR) is 78.3 cm³/mol. The SMILES string of the molecule is CC(O)C=CC(O)C(CC(=O)O)Nc1ccc(C=O)cc1. The van der Waals surface area contributed by atoms with Crippen LogP contribution in [-0.4, -0.2) is 45.8 Å². The molecule has 1 rings (SSSR count). The number of carboxylic acids is 1. The minimum absolute atomic E-state index is 0.291. The van der Waals surface area contributed by atoms with Crippen molar-refractivity contribution in [3.63, 3.8) is 0 Å². The first-order chi connectivity index (χ1) is 9.92. The molecule has 6 nitrogen and oxygen atoms in total. The molecule has 3 unspecified atom stereocenters. The highest BCUT2D eigenvalue weighted by Crippen LogP contribution is 2.14. The van der Waals surface area contributed by atoms with E-state index in [0.29, 0.717) is 17.5 Å². The van der Waals surface area contributed by atoms with Crippen LogP contribution in [0.4, 0.5) is 5.69 Å². The van der Waals surface area contributed by atoms with Crippen LogP contribution in [0.2, 0.25) is 0 Å². The highest BCUT2D eigenvalue weighted by molar-refractivity contribution is 5.75. The fraction of sp³-hybridized carbons (Fsp3) is 0.333. The van der Waals surface area contributed by atoms with E-state index in [1.807, 2.05) is 0 Å². The number of aliphatic hydroxyl groups is 2. The fourth-order valence-corrected chi connectivity index (χ4v) is 1.73. The van der Waals surface area contributed by atoms with E-state index in [0.717, 1.165) is 0 Å². The van der Waals surface area contributed by atoms with Gasteiger partial charge in [-0.05, 0) is 31.2 Å². The summed E-state index contributed by atoms with van der Waals surface area (Å²) in [5.41, 5.74) is 1.10. The summed E-state index contributed by atoms with van der Waals surface area (Å²) < 4.78 is 0. The first-order valence-corrected chi connectivity index (χ1v) is 6.50. The van der Waals surface area contributed by atoms with Crippen LogP contribution in [0.15, 0.2) is 36.4 Å². The lowest BCUT2D eigenvalue weighted by molar-refractivity contribution is -0.137. The second kappa shape index (κ2) is 8.18. The summed E-state index contributed by atoms with van der Waals surface area (Å²) in [7, 11) is 0. The van der Waals surface area contributed by atoms with Crippen LogP contribution in [0.25, 0.3) is 0 Å². The Morgan fingerprint density at radius 1 is 1.24 bits per heavy atom. The molecular weight excluding hydrogens is 274 g/mol. The molecule has 0 heterocycles. The zero-order chi connectivity index (χ0) is 15.8. The zero-order valence-electron chi connectivity index (χ0n) is 11.6. The van der Waals surface area contributed by atoms with Crippen LogP contribution in [0.3, 0.4) is 0 Å². The molecule has 0 fully saturated rings. The maximum absolute atomic E-state index is 10.9. The smallest absolute Gasteiger partial charge is 0.305 e. The maximum Gasteiger partial charge on any atom is 0.305 e. The average molecular weight is 293 g/mol. The summed E-state index contributed by atoms with van der Waals surface area (Å²) in [6.07, 6.45) is 1.36. The summed E-state index contributed by atoms with van der Waals surface area (Å²) in [5.74, 6) is -1.05. The van der Waals surface area contributed by atoms with Crippen molar-refractivity contribution >= 4 is 17.9 Å². The Bertz CT molecular complexity index is 495. The molecule has 1 aromatic carbocycles. The van der Waals surface area contributed by atoms with Gasteiger partial charge >= 0.3 is 5.97 Å². The molecule has 0 radical (unpaired) electrons. The normalized spacial score (nSPS) is 15.4. The van der Waals surface area contributed by atoms with Crippen LogP contribution in [0, 0.1) is 0 Å². The molecule has 0 spiro atoms. The van der Waals surface area contributed by atoms with Gasteiger partial charge in [0.15, 0.2) is 0 Å². The Hall–Kier alpha value is -2.18. The van der Waals surface area contributed by atoms with Gasteiger partial charge in [0.25, 0.3) is 0 Å². The van der Waals surface area contributed by atoms with Crippen LogP contribution < -0.4 is 5.32 Å². The molecule has 21 heavy (non-hydrogen) atoms. The number of carboxylic acid groups (broad SMARTS) is 1. The standard InChI is InChI=1S/C15H19NO5/c1-10(18)2-7-14(19)13(8-15(20)21)16-12-5-3-11(9-17)4-6-12/h2-7,9-10,13-14,16,18-19H,8H2,1H3,(H,20,21). The molecule has 0 aliphatic rings. The number of anilines is 1. The van der Waals surface area contributed by atoms with Crippen molar-refractivity contribution in [1.82, 2.24) is 0 Å². The van der Waals surface area contributed by atoms with Gasteiger partial charge in [0.2, 0.25) is 0 Å². The van der Waals surface area contributed by atoms with Gasteiger partial charge in [-0.3, -0.25) is 9.59 Å². The monoisotopic (exact) mass is 293 g/mol. The second-order valence-corrected chi connectivity index (χ2v) is 4.70. The van der Waals surface area contributed by atoms with Gasteiger partial charge in [0.05, 0.1) is 24.7 Å². The van der Waals surface area contributed by atoms with Crippen molar-refractivity contribution in [2.45, 2.75) is 31.6 Å². The summed E-state index contributed by atoms with van der Waals surface area (Å²) in [6.45, 7) is 1.53. The van der Waals surface area contributed by atoms with Gasteiger partial charge in [-0.2, -0.15) is 0 Å². The largest absolute Gasteiger partial charge is 0.481 e. The Labute approximate surface area is 122 Å². The molecule has 0 saturated heterocycles. The number of aliphatic carboxylic acids is 1. The first kappa shape index (κ1) is 16.9. The number of aldehydes is 1.